The molecule has 2 aromatic carbocycles. The second-order valence-corrected chi connectivity index (χ2v) is 9.89. The monoisotopic (exact) mass is 441 g/mol. The number of sulfonamides is 1. The van der Waals surface area contributed by atoms with Gasteiger partial charge < -0.3 is 15.0 Å². The lowest BCUT2D eigenvalue weighted by Gasteiger charge is -2.17. The topological polar surface area (TPSA) is 91.5 Å². The minimum absolute atomic E-state index is 0.201. The van der Waals surface area contributed by atoms with Crippen LogP contribution in [-0.2, 0) is 34.2 Å². The van der Waals surface area contributed by atoms with Crippen LogP contribution in [0.5, 0.6) is 5.75 Å². The second kappa shape index (κ2) is 8.72. The molecule has 8 heteroatoms. The summed E-state index contributed by atoms with van der Waals surface area (Å²) in [6.07, 6.45) is 4.22. The number of aromatic amines is 1. The van der Waals surface area contributed by atoms with Crippen molar-refractivity contribution in [2.45, 2.75) is 37.1 Å². The number of fused-ring (bicyclic) bond motifs is 3. The van der Waals surface area contributed by atoms with Gasteiger partial charge in [-0.15, -0.1) is 0 Å². The maximum absolute atomic E-state index is 13.1. The molecule has 0 aliphatic heterocycles. The molecule has 1 aliphatic carbocycles. The molecular formula is C23H27N3O4S. The smallest absolute Gasteiger partial charge is 0.243 e. The van der Waals surface area contributed by atoms with Crippen molar-refractivity contribution in [1.29, 1.82) is 0 Å². The average Bonchev–Trinajstić information content (AvgIpc) is 3.15. The van der Waals surface area contributed by atoms with Gasteiger partial charge in [-0.05, 0) is 55.5 Å². The first kappa shape index (κ1) is 21.4. The van der Waals surface area contributed by atoms with Crippen LogP contribution in [0.2, 0.25) is 0 Å². The highest BCUT2D eigenvalue weighted by Crippen LogP contribution is 2.31. The zero-order chi connectivity index (χ0) is 22.0. The Kier molecular flexibility index (Phi) is 6.02. The van der Waals surface area contributed by atoms with E-state index in [1.807, 2.05) is 30.3 Å². The number of aryl methyl sites for hydroxylation is 2. The number of likely N-dealkylation sites (N-methyl/N-ethyl adjacent to an activating group) is 1. The van der Waals surface area contributed by atoms with Crippen LogP contribution >= 0.6 is 0 Å². The number of H-pyrrole nitrogens is 1. The number of carbonyl (C=O) groups is 1. The molecule has 0 saturated heterocycles. The Balaban J connectivity index is 1.47. The van der Waals surface area contributed by atoms with Gasteiger partial charge in [0.2, 0.25) is 15.9 Å². The number of ether oxygens (including phenoxy) is 1. The van der Waals surface area contributed by atoms with Crippen molar-refractivity contribution in [3.63, 3.8) is 0 Å². The van der Waals surface area contributed by atoms with E-state index in [9.17, 15) is 13.2 Å². The third-order valence-electron chi connectivity index (χ3n) is 5.81. The van der Waals surface area contributed by atoms with Crippen molar-refractivity contribution in [3.8, 4) is 5.75 Å². The van der Waals surface area contributed by atoms with Crippen molar-refractivity contribution in [3.05, 3.63) is 59.3 Å². The molecule has 0 spiro atoms. The van der Waals surface area contributed by atoms with E-state index in [4.69, 9.17) is 4.74 Å². The summed E-state index contributed by atoms with van der Waals surface area (Å²) in [5, 5.41) is 3.73. The number of carbonyl (C=O) groups excluding carboxylic acids is 1. The van der Waals surface area contributed by atoms with Crippen LogP contribution < -0.4 is 10.1 Å². The van der Waals surface area contributed by atoms with E-state index in [2.05, 4.69) is 10.3 Å². The summed E-state index contributed by atoms with van der Waals surface area (Å²) in [7, 11) is -0.797. The molecule has 4 rings (SSSR count). The summed E-state index contributed by atoms with van der Waals surface area (Å²) < 4.78 is 32.6. The van der Waals surface area contributed by atoms with Crippen LogP contribution in [-0.4, -0.2) is 44.3 Å². The molecule has 7 nitrogen and oxygen atoms in total. The van der Waals surface area contributed by atoms with E-state index in [1.165, 1.54) is 18.3 Å². The van der Waals surface area contributed by atoms with E-state index in [0.717, 1.165) is 46.5 Å². The summed E-state index contributed by atoms with van der Waals surface area (Å²) in [5.74, 6) is 0.295. The molecule has 31 heavy (non-hydrogen) atoms. The molecule has 0 bridgehead atoms. The predicted molar refractivity (Wildman–Crippen MR) is 120 cm³/mol. The van der Waals surface area contributed by atoms with E-state index in [-0.39, 0.29) is 23.9 Å². The molecule has 0 fully saturated rings. The van der Waals surface area contributed by atoms with Gasteiger partial charge in [-0.1, -0.05) is 18.2 Å². The fourth-order valence-corrected chi connectivity index (χ4v) is 5.27. The van der Waals surface area contributed by atoms with Crippen molar-refractivity contribution in [1.82, 2.24) is 14.6 Å². The first-order chi connectivity index (χ1) is 14.9. The Labute approximate surface area is 182 Å². The summed E-state index contributed by atoms with van der Waals surface area (Å²) in [6.45, 7) is -0.00105. The minimum Gasteiger partial charge on any atom is -0.496 e. The van der Waals surface area contributed by atoms with Gasteiger partial charge in [0.25, 0.3) is 0 Å². The fraction of sp³-hybridized carbons (Fsp3) is 0.348. The molecular weight excluding hydrogens is 414 g/mol. The van der Waals surface area contributed by atoms with Gasteiger partial charge in [0.05, 0.1) is 18.6 Å². The molecule has 1 heterocycles. The van der Waals surface area contributed by atoms with E-state index < -0.39 is 10.0 Å². The predicted octanol–water partition coefficient (Wildman–Crippen LogP) is 2.99. The van der Waals surface area contributed by atoms with Gasteiger partial charge in [-0.3, -0.25) is 4.79 Å². The third kappa shape index (κ3) is 4.31. The number of hydrogen-bond donors (Lipinski definition) is 2. The lowest BCUT2D eigenvalue weighted by Crippen LogP contribution is -2.38. The summed E-state index contributed by atoms with van der Waals surface area (Å²) >= 11 is 0. The maximum Gasteiger partial charge on any atom is 0.243 e. The molecule has 0 unspecified atom stereocenters. The Bertz CT molecular complexity index is 1220. The highest BCUT2D eigenvalue weighted by molar-refractivity contribution is 7.89. The Morgan fingerprint density at radius 2 is 1.94 bits per heavy atom. The van der Waals surface area contributed by atoms with Gasteiger partial charge in [-0.25, -0.2) is 8.42 Å². The zero-order valence-corrected chi connectivity index (χ0v) is 18.6. The van der Waals surface area contributed by atoms with Crippen LogP contribution in [0, 0.1) is 0 Å². The largest absolute Gasteiger partial charge is 0.496 e. The first-order valence-corrected chi connectivity index (χ1v) is 11.8. The molecule has 1 aromatic heterocycles. The lowest BCUT2D eigenvalue weighted by molar-refractivity contribution is -0.121. The van der Waals surface area contributed by atoms with Crippen LogP contribution in [0.15, 0.2) is 47.4 Å². The van der Waals surface area contributed by atoms with Gasteiger partial charge in [0, 0.05) is 35.8 Å². The molecule has 0 radical (unpaired) electrons. The molecule has 0 saturated carbocycles. The van der Waals surface area contributed by atoms with Crippen LogP contribution in [0.4, 0.5) is 0 Å². The number of hydrogen-bond acceptors (Lipinski definition) is 4. The SMILES string of the molecule is COc1ccccc1CNC(=O)CN(C)S(=O)(=O)c1ccc2[nH]c3c(c2c1)CCCC3. The van der Waals surface area contributed by atoms with Crippen LogP contribution in [0.25, 0.3) is 10.9 Å². The van der Waals surface area contributed by atoms with Gasteiger partial charge in [-0.2, -0.15) is 4.31 Å². The molecule has 1 aliphatic rings. The normalized spacial score (nSPS) is 13.9. The molecule has 0 atom stereocenters. The van der Waals surface area contributed by atoms with Gasteiger partial charge >= 0.3 is 0 Å². The van der Waals surface area contributed by atoms with E-state index in [0.29, 0.717) is 5.75 Å². The molecule has 3 aromatic rings. The number of amides is 1. The maximum atomic E-state index is 13.1. The number of methoxy groups -OCH3 is 1. The van der Waals surface area contributed by atoms with Crippen molar-refractivity contribution in [2.24, 2.45) is 0 Å². The number of rotatable bonds is 7. The molecule has 1 amide bonds. The Hall–Kier alpha value is -2.84. The lowest BCUT2D eigenvalue weighted by atomic mass is 9.96. The first-order valence-electron chi connectivity index (χ1n) is 10.4. The Morgan fingerprint density at radius 1 is 1.16 bits per heavy atom. The van der Waals surface area contributed by atoms with E-state index >= 15 is 0 Å². The number of nitrogens with zero attached hydrogens (tertiary/aromatic N) is 1. The van der Waals surface area contributed by atoms with Crippen molar-refractivity contribution >= 4 is 26.8 Å². The highest BCUT2D eigenvalue weighted by atomic mass is 32.2. The van der Waals surface area contributed by atoms with Crippen LogP contribution in [0.1, 0.15) is 29.7 Å². The number of benzene rings is 2. The van der Waals surface area contributed by atoms with E-state index in [1.54, 1.807) is 19.2 Å². The number of nitrogens with one attached hydrogen (secondary N) is 2. The summed E-state index contributed by atoms with van der Waals surface area (Å²) in [4.78, 5) is 16.0. The molecule has 2 N–H and O–H groups in total. The van der Waals surface area contributed by atoms with Gasteiger partial charge in [0.15, 0.2) is 0 Å². The standard InChI is InChI=1S/C23H27N3O4S/c1-26(15-23(27)24-14-16-7-3-6-10-22(16)30-2)31(28,29)17-11-12-21-19(13-17)18-8-4-5-9-20(18)25-21/h3,6-7,10-13,25H,4-5,8-9,14-15H2,1-2H3,(H,24,27). The Morgan fingerprint density at radius 3 is 2.74 bits per heavy atom. The highest BCUT2D eigenvalue weighted by Gasteiger charge is 2.25. The number of aromatic nitrogens is 1. The van der Waals surface area contributed by atoms with Crippen molar-refractivity contribution in [2.75, 3.05) is 20.7 Å². The second-order valence-electron chi connectivity index (χ2n) is 7.85. The van der Waals surface area contributed by atoms with Crippen LogP contribution in [0.3, 0.4) is 0 Å². The summed E-state index contributed by atoms with van der Waals surface area (Å²) in [6, 6.07) is 12.5. The quantitative estimate of drug-likeness (QED) is 0.590. The number of para-hydroxylation sites is 1. The average molecular weight is 442 g/mol. The molecule has 164 valence electrons. The van der Waals surface area contributed by atoms with Gasteiger partial charge in [0.1, 0.15) is 5.75 Å². The third-order valence-corrected chi connectivity index (χ3v) is 7.61. The zero-order valence-electron chi connectivity index (χ0n) is 17.8. The summed E-state index contributed by atoms with van der Waals surface area (Å²) in [5.41, 5.74) is 4.21. The fourth-order valence-electron chi connectivity index (χ4n) is 4.11. The minimum atomic E-state index is -3.79. The van der Waals surface area contributed by atoms with Crippen molar-refractivity contribution < 1.29 is 17.9 Å².